The van der Waals surface area contributed by atoms with E-state index in [1.807, 2.05) is 35.7 Å². The van der Waals surface area contributed by atoms with Gasteiger partial charge in [0.15, 0.2) is 0 Å². The Balaban J connectivity index is 1.64. The second-order valence-electron chi connectivity index (χ2n) is 5.37. The van der Waals surface area contributed by atoms with Crippen LogP contribution in [-0.4, -0.2) is 46.7 Å². The maximum absolute atomic E-state index is 12.2. The number of β-amino-alcohol motifs (C(OH)–C–C–N with tert-alkyl or cyclic N) is 1. The molecule has 0 radical (unpaired) electrons. The molecule has 2 N–H and O–H groups in total. The Kier molecular flexibility index (Phi) is 4.98. The average molecular weight is 324 g/mol. The highest BCUT2D eigenvalue weighted by atomic mass is 32.2. The summed E-state index contributed by atoms with van der Waals surface area (Å²) in [6, 6.07) is 7.99. The minimum absolute atomic E-state index is 0.113. The summed E-state index contributed by atoms with van der Waals surface area (Å²) in [5.74, 6) is 2.38. The number of carbonyl (C=O) groups is 1. The SMILES string of the molecule is O=C(Nc1cccc(C2SCCS2)c1)N1CCCC(O)C1. The van der Waals surface area contributed by atoms with Crippen molar-refractivity contribution in [2.75, 3.05) is 29.9 Å². The van der Waals surface area contributed by atoms with Crippen LogP contribution in [0.4, 0.5) is 10.5 Å². The number of carbonyl (C=O) groups excluding carboxylic acids is 1. The van der Waals surface area contributed by atoms with Crippen molar-refractivity contribution in [2.45, 2.75) is 23.5 Å². The minimum atomic E-state index is -0.387. The van der Waals surface area contributed by atoms with Gasteiger partial charge in [0.25, 0.3) is 0 Å². The predicted molar refractivity (Wildman–Crippen MR) is 89.9 cm³/mol. The molecule has 2 fully saturated rings. The number of rotatable bonds is 2. The van der Waals surface area contributed by atoms with Gasteiger partial charge in [0.1, 0.15) is 0 Å². The van der Waals surface area contributed by atoms with E-state index >= 15 is 0 Å². The molecule has 1 aromatic carbocycles. The van der Waals surface area contributed by atoms with Gasteiger partial charge in [-0.2, -0.15) is 0 Å². The first kappa shape index (κ1) is 15.1. The van der Waals surface area contributed by atoms with E-state index in [-0.39, 0.29) is 12.1 Å². The van der Waals surface area contributed by atoms with E-state index in [0.717, 1.165) is 25.1 Å². The fourth-order valence-corrected chi connectivity index (χ4v) is 5.49. The third-order valence-electron chi connectivity index (χ3n) is 3.72. The van der Waals surface area contributed by atoms with E-state index in [2.05, 4.69) is 17.4 Å². The Hall–Kier alpha value is -0.850. The zero-order valence-corrected chi connectivity index (χ0v) is 13.5. The second kappa shape index (κ2) is 6.94. The number of amides is 2. The molecule has 3 rings (SSSR count). The molecule has 2 amide bonds. The molecule has 2 aliphatic rings. The van der Waals surface area contributed by atoms with Crippen LogP contribution in [0.1, 0.15) is 23.0 Å². The normalized spacial score (nSPS) is 23.3. The van der Waals surface area contributed by atoms with Gasteiger partial charge >= 0.3 is 6.03 Å². The molecule has 114 valence electrons. The van der Waals surface area contributed by atoms with Crippen LogP contribution in [0.5, 0.6) is 0 Å². The van der Waals surface area contributed by atoms with Crippen LogP contribution in [0.15, 0.2) is 24.3 Å². The quantitative estimate of drug-likeness (QED) is 0.877. The first-order valence-corrected chi connectivity index (χ1v) is 9.39. The van der Waals surface area contributed by atoms with E-state index in [9.17, 15) is 9.90 Å². The molecule has 6 heteroatoms. The molecule has 1 unspecified atom stereocenters. The largest absolute Gasteiger partial charge is 0.391 e. The minimum Gasteiger partial charge on any atom is -0.391 e. The van der Waals surface area contributed by atoms with Gasteiger partial charge in [0.05, 0.1) is 10.7 Å². The summed E-state index contributed by atoms with van der Waals surface area (Å²) in [6.07, 6.45) is 1.27. The number of nitrogens with one attached hydrogen (secondary N) is 1. The van der Waals surface area contributed by atoms with Crippen molar-refractivity contribution in [3.05, 3.63) is 29.8 Å². The van der Waals surface area contributed by atoms with Gasteiger partial charge in [-0.25, -0.2) is 4.79 Å². The summed E-state index contributed by atoms with van der Waals surface area (Å²) in [6.45, 7) is 1.15. The molecule has 2 aliphatic heterocycles. The first-order valence-electron chi connectivity index (χ1n) is 7.29. The Labute approximate surface area is 133 Å². The van der Waals surface area contributed by atoms with Crippen molar-refractivity contribution in [1.82, 2.24) is 4.90 Å². The van der Waals surface area contributed by atoms with Gasteiger partial charge in [-0.3, -0.25) is 0 Å². The van der Waals surface area contributed by atoms with Crippen LogP contribution in [-0.2, 0) is 0 Å². The standard InChI is InChI=1S/C15H20N2O2S2/c18-13-5-2-6-17(10-13)15(19)16-12-4-1-3-11(9-12)14-20-7-8-21-14/h1,3-4,9,13-14,18H,2,5-8,10H2,(H,16,19). The molecular weight excluding hydrogens is 304 g/mol. The number of anilines is 1. The van der Waals surface area contributed by atoms with Crippen LogP contribution < -0.4 is 5.32 Å². The number of likely N-dealkylation sites (tertiary alicyclic amines) is 1. The lowest BCUT2D eigenvalue weighted by Crippen LogP contribution is -2.44. The van der Waals surface area contributed by atoms with Gasteiger partial charge in [-0.1, -0.05) is 12.1 Å². The zero-order chi connectivity index (χ0) is 14.7. The topological polar surface area (TPSA) is 52.6 Å². The highest BCUT2D eigenvalue weighted by Gasteiger charge is 2.22. The van der Waals surface area contributed by atoms with Gasteiger partial charge in [0.2, 0.25) is 0 Å². The molecule has 4 nitrogen and oxygen atoms in total. The predicted octanol–water partition coefficient (Wildman–Crippen LogP) is 3.15. The molecule has 0 aromatic heterocycles. The van der Waals surface area contributed by atoms with E-state index in [1.165, 1.54) is 17.1 Å². The van der Waals surface area contributed by atoms with Gasteiger partial charge in [-0.05, 0) is 30.5 Å². The van der Waals surface area contributed by atoms with Gasteiger partial charge in [-0.15, -0.1) is 23.5 Å². The maximum Gasteiger partial charge on any atom is 0.321 e. The van der Waals surface area contributed by atoms with Gasteiger partial charge in [0, 0.05) is 30.3 Å². The Morgan fingerprint density at radius 2 is 2.14 bits per heavy atom. The summed E-state index contributed by atoms with van der Waals surface area (Å²) in [5.41, 5.74) is 2.10. The van der Waals surface area contributed by atoms with Crippen molar-refractivity contribution in [1.29, 1.82) is 0 Å². The van der Waals surface area contributed by atoms with Crippen LogP contribution in [0.25, 0.3) is 0 Å². The Bertz CT molecular complexity index is 506. The Morgan fingerprint density at radius 1 is 1.33 bits per heavy atom. The fraction of sp³-hybridized carbons (Fsp3) is 0.533. The number of urea groups is 1. The lowest BCUT2D eigenvalue weighted by atomic mass is 10.1. The van der Waals surface area contributed by atoms with E-state index < -0.39 is 0 Å². The molecule has 21 heavy (non-hydrogen) atoms. The molecule has 2 heterocycles. The van der Waals surface area contributed by atoms with E-state index in [1.54, 1.807) is 4.90 Å². The number of hydrogen-bond donors (Lipinski definition) is 2. The number of nitrogens with zero attached hydrogens (tertiary/aromatic N) is 1. The van der Waals surface area contributed by atoms with Crippen molar-refractivity contribution in [2.24, 2.45) is 0 Å². The smallest absolute Gasteiger partial charge is 0.321 e. The third kappa shape index (κ3) is 3.87. The van der Waals surface area contributed by atoms with Crippen LogP contribution in [0, 0.1) is 0 Å². The van der Waals surface area contributed by atoms with Crippen molar-refractivity contribution >= 4 is 35.2 Å². The average Bonchev–Trinajstić information content (AvgIpc) is 3.02. The monoisotopic (exact) mass is 324 g/mol. The zero-order valence-electron chi connectivity index (χ0n) is 11.8. The summed E-state index contributed by atoms with van der Waals surface area (Å²) >= 11 is 3.92. The number of aliphatic hydroxyl groups is 1. The molecule has 0 spiro atoms. The molecular formula is C15H20N2O2S2. The van der Waals surface area contributed by atoms with E-state index in [0.29, 0.717) is 11.1 Å². The first-order chi connectivity index (χ1) is 10.2. The number of hydrogen-bond acceptors (Lipinski definition) is 4. The molecule has 0 aliphatic carbocycles. The van der Waals surface area contributed by atoms with Crippen LogP contribution in [0.3, 0.4) is 0 Å². The number of aliphatic hydroxyl groups excluding tert-OH is 1. The van der Waals surface area contributed by atoms with Crippen molar-refractivity contribution < 1.29 is 9.90 Å². The molecule has 0 saturated carbocycles. The van der Waals surface area contributed by atoms with Crippen molar-refractivity contribution in [3.63, 3.8) is 0 Å². The molecule has 0 bridgehead atoms. The summed E-state index contributed by atoms with van der Waals surface area (Å²) in [7, 11) is 0. The maximum atomic E-state index is 12.2. The van der Waals surface area contributed by atoms with Crippen molar-refractivity contribution in [3.8, 4) is 0 Å². The van der Waals surface area contributed by atoms with E-state index in [4.69, 9.17) is 0 Å². The second-order valence-corrected chi connectivity index (χ2v) is 8.10. The molecule has 2 saturated heterocycles. The van der Waals surface area contributed by atoms with Crippen LogP contribution >= 0.6 is 23.5 Å². The number of benzene rings is 1. The number of thioether (sulfide) groups is 2. The lowest BCUT2D eigenvalue weighted by Gasteiger charge is -2.30. The number of piperidine rings is 1. The molecule has 1 aromatic rings. The summed E-state index contributed by atoms with van der Waals surface area (Å²) < 4.78 is 0.485. The summed E-state index contributed by atoms with van der Waals surface area (Å²) in [4.78, 5) is 13.9. The molecule has 1 atom stereocenters. The summed E-state index contributed by atoms with van der Waals surface area (Å²) in [5, 5.41) is 12.6. The highest BCUT2D eigenvalue weighted by molar-refractivity contribution is 8.19. The fourth-order valence-electron chi connectivity index (χ4n) is 2.66. The lowest BCUT2D eigenvalue weighted by molar-refractivity contribution is 0.0883. The van der Waals surface area contributed by atoms with Gasteiger partial charge < -0.3 is 15.3 Å². The Morgan fingerprint density at radius 3 is 2.90 bits per heavy atom. The third-order valence-corrected chi connectivity index (χ3v) is 6.82. The van der Waals surface area contributed by atoms with Crippen LogP contribution in [0.2, 0.25) is 0 Å². The highest BCUT2D eigenvalue weighted by Crippen LogP contribution is 2.45.